The summed E-state index contributed by atoms with van der Waals surface area (Å²) in [5.41, 5.74) is 2.41. The second kappa shape index (κ2) is 6.62. The highest BCUT2D eigenvalue weighted by Gasteiger charge is 2.12. The van der Waals surface area contributed by atoms with Crippen LogP contribution in [0.15, 0.2) is 24.5 Å². The molecule has 2 heterocycles. The smallest absolute Gasteiger partial charge is 0.328 e. The lowest BCUT2D eigenvalue weighted by molar-refractivity contribution is 0.438. The number of nitrogens with one attached hydrogen (secondary N) is 1. The Labute approximate surface area is 117 Å². The number of anilines is 2. The van der Waals surface area contributed by atoms with Gasteiger partial charge in [-0.2, -0.15) is 15.0 Å². The van der Waals surface area contributed by atoms with Gasteiger partial charge < -0.3 is 9.64 Å². The highest BCUT2D eigenvalue weighted by molar-refractivity contribution is 5.38. The molecule has 8 heteroatoms. The van der Waals surface area contributed by atoms with Crippen molar-refractivity contribution in [2.45, 2.75) is 13.8 Å². The maximum absolute atomic E-state index is 5.55. The molecule has 0 aliphatic rings. The molecule has 2 aromatic rings. The van der Waals surface area contributed by atoms with Gasteiger partial charge in [0.25, 0.3) is 0 Å². The number of rotatable bonds is 6. The van der Waals surface area contributed by atoms with Crippen molar-refractivity contribution in [3.8, 4) is 11.8 Å². The van der Waals surface area contributed by atoms with Gasteiger partial charge in [-0.25, -0.2) is 5.84 Å². The molecule has 20 heavy (non-hydrogen) atoms. The number of nitrogens with zero attached hydrogens (tertiary/aromatic N) is 5. The Balaban J connectivity index is 2.30. The minimum absolute atomic E-state index is 0.169. The summed E-state index contributed by atoms with van der Waals surface area (Å²) in [5.74, 6) is 6.68. The van der Waals surface area contributed by atoms with E-state index in [-0.39, 0.29) is 12.0 Å². The summed E-state index contributed by atoms with van der Waals surface area (Å²) in [6.45, 7) is 5.59. The summed E-state index contributed by atoms with van der Waals surface area (Å²) >= 11 is 0. The van der Waals surface area contributed by atoms with Crippen LogP contribution in [0.5, 0.6) is 11.8 Å². The molecule has 0 aliphatic carbocycles. The van der Waals surface area contributed by atoms with Crippen LogP contribution in [0.2, 0.25) is 0 Å². The minimum atomic E-state index is 0.169. The average Bonchev–Trinajstić information content (AvgIpc) is 2.49. The lowest BCUT2D eigenvalue weighted by Crippen LogP contribution is -2.25. The van der Waals surface area contributed by atoms with Crippen LogP contribution in [-0.4, -0.2) is 33.0 Å². The van der Waals surface area contributed by atoms with Crippen molar-refractivity contribution < 1.29 is 4.74 Å². The van der Waals surface area contributed by atoms with Crippen molar-refractivity contribution >= 4 is 11.9 Å². The zero-order valence-electron chi connectivity index (χ0n) is 11.4. The summed E-state index contributed by atoms with van der Waals surface area (Å²) in [4.78, 5) is 18.5. The Kier molecular flexibility index (Phi) is 4.61. The Morgan fingerprint density at radius 2 is 2.05 bits per heavy atom. The van der Waals surface area contributed by atoms with E-state index in [2.05, 4.69) is 25.4 Å². The van der Waals surface area contributed by atoms with Gasteiger partial charge >= 0.3 is 6.01 Å². The molecule has 0 aliphatic heterocycles. The Bertz CT molecular complexity index is 545. The third-order valence-electron chi connectivity index (χ3n) is 2.62. The quantitative estimate of drug-likeness (QED) is 0.598. The molecule has 0 unspecified atom stereocenters. The molecule has 0 saturated carbocycles. The van der Waals surface area contributed by atoms with Crippen LogP contribution in [0, 0.1) is 0 Å². The number of ether oxygens (including phenoxy) is 1. The number of nitrogens with two attached hydrogens (primary N) is 1. The largest absolute Gasteiger partial charge is 0.422 e. The zero-order chi connectivity index (χ0) is 14.4. The van der Waals surface area contributed by atoms with E-state index in [0.717, 1.165) is 13.1 Å². The predicted octanol–water partition coefficient (Wildman–Crippen LogP) is 1.19. The lowest BCUT2D eigenvalue weighted by Gasteiger charge is -2.19. The molecule has 0 radical (unpaired) electrons. The summed E-state index contributed by atoms with van der Waals surface area (Å²) < 4.78 is 5.55. The van der Waals surface area contributed by atoms with Crippen LogP contribution in [-0.2, 0) is 0 Å². The van der Waals surface area contributed by atoms with E-state index in [1.54, 1.807) is 24.5 Å². The number of hydrazine groups is 1. The van der Waals surface area contributed by atoms with Crippen LogP contribution in [0.3, 0.4) is 0 Å². The zero-order valence-corrected chi connectivity index (χ0v) is 11.4. The fourth-order valence-electron chi connectivity index (χ4n) is 1.62. The third-order valence-corrected chi connectivity index (χ3v) is 2.62. The first-order chi connectivity index (χ1) is 9.76. The first-order valence-electron chi connectivity index (χ1n) is 6.32. The predicted molar refractivity (Wildman–Crippen MR) is 75.5 cm³/mol. The number of hydrogen-bond donors (Lipinski definition) is 2. The standard InChI is InChI=1S/C12H17N7O/c1-3-19(4-2)11-15-10(18-13)16-12(17-11)20-9-6-5-7-14-8-9/h5-8H,3-4,13H2,1-2H3,(H,15,16,17,18). The van der Waals surface area contributed by atoms with E-state index < -0.39 is 0 Å². The van der Waals surface area contributed by atoms with E-state index in [1.165, 1.54) is 0 Å². The van der Waals surface area contributed by atoms with Crippen molar-refractivity contribution in [1.82, 2.24) is 19.9 Å². The maximum atomic E-state index is 5.55. The average molecular weight is 275 g/mol. The van der Waals surface area contributed by atoms with E-state index in [9.17, 15) is 0 Å². The number of pyridine rings is 1. The van der Waals surface area contributed by atoms with Crippen LogP contribution < -0.4 is 20.9 Å². The minimum Gasteiger partial charge on any atom is -0.422 e. The summed E-state index contributed by atoms with van der Waals surface area (Å²) in [6, 6.07) is 3.70. The van der Waals surface area contributed by atoms with Crippen molar-refractivity contribution in [3.05, 3.63) is 24.5 Å². The van der Waals surface area contributed by atoms with Gasteiger partial charge in [0.2, 0.25) is 11.9 Å². The Hall–Kier alpha value is -2.48. The topological polar surface area (TPSA) is 102 Å². The monoisotopic (exact) mass is 275 g/mol. The highest BCUT2D eigenvalue weighted by atomic mass is 16.5. The molecule has 2 aromatic heterocycles. The first kappa shape index (κ1) is 13.9. The first-order valence-corrected chi connectivity index (χ1v) is 6.32. The van der Waals surface area contributed by atoms with Crippen molar-refractivity contribution in [2.75, 3.05) is 23.4 Å². The molecule has 2 rings (SSSR count). The van der Waals surface area contributed by atoms with Gasteiger partial charge in [0.05, 0.1) is 6.20 Å². The lowest BCUT2D eigenvalue weighted by atomic mass is 10.5. The number of hydrogen-bond acceptors (Lipinski definition) is 8. The number of nitrogen functional groups attached to an aromatic ring is 1. The summed E-state index contributed by atoms with van der Waals surface area (Å²) in [7, 11) is 0. The van der Waals surface area contributed by atoms with Gasteiger partial charge in [0.1, 0.15) is 5.75 Å². The Morgan fingerprint density at radius 3 is 2.65 bits per heavy atom. The second-order valence-electron chi connectivity index (χ2n) is 3.85. The molecular weight excluding hydrogens is 258 g/mol. The maximum Gasteiger partial charge on any atom is 0.328 e. The molecule has 0 atom stereocenters. The fraction of sp³-hybridized carbons (Fsp3) is 0.333. The Morgan fingerprint density at radius 1 is 1.25 bits per heavy atom. The van der Waals surface area contributed by atoms with Crippen LogP contribution >= 0.6 is 0 Å². The molecule has 0 spiro atoms. The van der Waals surface area contributed by atoms with Crippen molar-refractivity contribution in [2.24, 2.45) is 5.84 Å². The van der Waals surface area contributed by atoms with Gasteiger partial charge in [-0.3, -0.25) is 10.4 Å². The molecule has 0 fully saturated rings. The van der Waals surface area contributed by atoms with Gasteiger partial charge in [-0.1, -0.05) is 0 Å². The SMILES string of the molecule is CCN(CC)c1nc(NN)nc(Oc2cccnc2)n1. The van der Waals surface area contributed by atoms with Crippen LogP contribution in [0.1, 0.15) is 13.8 Å². The highest BCUT2D eigenvalue weighted by Crippen LogP contribution is 2.19. The van der Waals surface area contributed by atoms with E-state index in [4.69, 9.17) is 10.6 Å². The van der Waals surface area contributed by atoms with E-state index in [0.29, 0.717) is 11.7 Å². The fourth-order valence-corrected chi connectivity index (χ4v) is 1.62. The molecule has 0 aromatic carbocycles. The van der Waals surface area contributed by atoms with Gasteiger partial charge in [0.15, 0.2) is 0 Å². The van der Waals surface area contributed by atoms with E-state index in [1.807, 2.05) is 18.7 Å². The molecular formula is C12H17N7O. The van der Waals surface area contributed by atoms with Crippen molar-refractivity contribution in [1.29, 1.82) is 0 Å². The normalized spacial score (nSPS) is 10.2. The molecule has 0 amide bonds. The molecule has 0 bridgehead atoms. The second-order valence-corrected chi connectivity index (χ2v) is 3.85. The van der Waals surface area contributed by atoms with Gasteiger partial charge in [-0.15, -0.1) is 0 Å². The summed E-state index contributed by atoms with van der Waals surface area (Å²) in [5, 5.41) is 0. The van der Waals surface area contributed by atoms with E-state index >= 15 is 0 Å². The van der Waals surface area contributed by atoms with Gasteiger partial charge in [0, 0.05) is 19.3 Å². The molecule has 8 nitrogen and oxygen atoms in total. The summed E-state index contributed by atoms with van der Waals surface area (Å²) in [6.07, 6.45) is 3.24. The van der Waals surface area contributed by atoms with Crippen LogP contribution in [0.4, 0.5) is 11.9 Å². The molecule has 0 saturated heterocycles. The van der Waals surface area contributed by atoms with Crippen LogP contribution in [0.25, 0.3) is 0 Å². The molecule has 3 N–H and O–H groups in total. The third kappa shape index (κ3) is 3.29. The van der Waals surface area contributed by atoms with Crippen molar-refractivity contribution in [3.63, 3.8) is 0 Å². The van der Waals surface area contributed by atoms with Gasteiger partial charge in [-0.05, 0) is 26.0 Å². The molecule has 106 valence electrons. The number of aromatic nitrogens is 4.